The van der Waals surface area contributed by atoms with E-state index >= 15 is 0 Å². The number of halogens is 4. The van der Waals surface area contributed by atoms with E-state index in [1.165, 1.54) is 0 Å². The van der Waals surface area contributed by atoms with Crippen LogP contribution >= 0.6 is 23.2 Å². The molecule has 0 fully saturated rings. The van der Waals surface area contributed by atoms with Crippen LogP contribution in [0.3, 0.4) is 0 Å². The fourth-order valence-electron chi connectivity index (χ4n) is 3.03. The normalized spacial score (nSPS) is 11.2. The molecular weight excluding hydrogens is 419 g/mol. The van der Waals surface area contributed by atoms with Gasteiger partial charge >= 0.3 is 6.55 Å². The van der Waals surface area contributed by atoms with Gasteiger partial charge in [0, 0.05) is 11.3 Å². The predicted octanol–water partition coefficient (Wildman–Crippen LogP) is 6.66. The van der Waals surface area contributed by atoms with Gasteiger partial charge in [-0.05, 0) is 48.5 Å². The van der Waals surface area contributed by atoms with E-state index < -0.39 is 12.5 Å². The monoisotopic (exact) mass is 431 g/mol. The lowest BCUT2D eigenvalue weighted by Crippen LogP contribution is -2.12. The zero-order chi connectivity index (χ0) is 20.5. The number of benzene rings is 3. The standard InChI is InChI=1S/C21H13Cl2F2N3O/c22-15-5-3-4-14(18(15)23)20(29)26-13-10-8-12(9-11-13)19-27-16-6-1-2-7-17(16)28(19)21(24)25/h1-11,21H,(H,26,29). The maximum atomic E-state index is 13.6. The Balaban J connectivity index is 1.63. The van der Waals surface area contributed by atoms with E-state index in [2.05, 4.69) is 10.3 Å². The zero-order valence-corrected chi connectivity index (χ0v) is 16.3. The molecule has 0 radical (unpaired) electrons. The molecule has 4 aromatic rings. The number of nitrogens with one attached hydrogen (secondary N) is 1. The Morgan fingerprint density at radius 3 is 2.41 bits per heavy atom. The van der Waals surface area contributed by atoms with Gasteiger partial charge in [0.2, 0.25) is 0 Å². The lowest BCUT2D eigenvalue weighted by molar-refractivity contribution is 0.0764. The lowest BCUT2D eigenvalue weighted by atomic mass is 10.1. The first kappa shape index (κ1) is 19.4. The van der Waals surface area contributed by atoms with Gasteiger partial charge in [-0.1, -0.05) is 41.4 Å². The van der Waals surface area contributed by atoms with Crippen LogP contribution in [0.2, 0.25) is 10.0 Å². The second-order valence-corrected chi connectivity index (χ2v) is 6.99. The summed E-state index contributed by atoms with van der Waals surface area (Å²) in [6.45, 7) is -2.73. The lowest BCUT2D eigenvalue weighted by Gasteiger charge is -2.10. The zero-order valence-electron chi connectivity index (χ0n) is 14.7. The third kappa shape index (κ3) is 3.69. The van der Waals surface area contributed by atoms with Crippen molar-refractivity contribution < 1.29 is 13.6 Å². The number of alkyl halides is 2. The van der Waals surface area contributed by atoms with Gasteiger partial charge in [0.15, 0.2) is 0 Å². The van der Waals surface area contributed by atoms with Gasteiger partial charge in [0.25, 0.3) is 5.91 Å². The summed E-state index contributed by atoms with van der Waals surface area (Å²) in [6, 6.07) is 17.9. The molecule has 8 heteroatoms. The van der Waals surface area contributed by atoms with Crippen molar-refractivity contribution in [3.8, 4) is 11.4 Å². The van der Waals surface area contributed by atoms with E-state index in [9.17, 15) is 13.6 Å². The van der Waals surface area contributed by atoms with Crippen LogP contribution in [0, 0.1) is 0 Å². The molecule has 0 saturated carbocycles. The molecule has 4 nitrogen and oxygen atoms in total. The van der Waals surface area contributed by atoms with E-state index in [0.29, 0.717) is 22.3 Å². The molecule has 0 atom stereocenters. The molecule has 0 aliphatic carbocycles. The van der Waals surface area contributed by atoms with Gasteiger partial charge in [0.1, 0.15) is 5.82 Å². The van der Waals surface area contributed by atoms with Crippen LogP contribution in [0.25, 0.3) is 22.4 Å². The van der Waals surface area contributed by atoms with Crippen molar-refractivity contribution in [2.75, 3.05) is 5.32 Å². The second kappa shape index (κ2) is 7.81. The smallest absolute Gasteiger partial charge is 0.320 e. The first-order valence-electron chi connectivity index (χ1n) is 8.56. The molecule has 1 amide bonds. The van der Waals surface area contributed by atoms with Crippen molar-refractivity contribution in [3.05, 3.63) is 82.3 Å². The van der Waals surface area contributed by atoms with Crippen molar-refractivity contribution in [1.82, 2.24) is 9.55 Å². The average molecular weight is 432 g/mol. The van der Waals surface area contributed by atoms with Gasteiger partial charge in [0.05, 0.1) is 26.6 Å². The Hall–Kier alpha value is -2.96. The number of aromatic nitrogens is 2. The van der Waals surface area contributed by atoms with Crippen LogP contribution in [0.1, 0.15) is 16.9 Å². The van der Waals surface area contributed by atoms with Gasteiger partial charge in [-0.15, -0.1) is 0 Å². The van der Waals surface area contributed by atoms with Crippen molar-refractivity contribution >= 4 is 45.8 Å². The predicted molar refractivity (Wildman–Crippen MR) is 111 cm³/mol. The fraction of sp³-hybridized carbons (Fsp3) is 0.0476. The number of anilines is 1. The number of carbonyl (C=O) groups is 1. The Bertz CT molecular complexity index is 1210. The molecule has 146 valence electrons. The van der Waals surface area contributed by atoms with Crippen LogP contribution in [0.4, 0.5) is 14.5 Å². The van der Waals surface area contributed by atoms with E-state index in [1.54, 1.807) is 66.7 Å². The van der Waals surface area contributed by atoms with E-state index in [-0.39, 0.29) is 21.4 Å². The molecule has 1 heterocycles. The van der Waals surface area contributed by atoms with Crippen molar-refractivity contribution in [2.45, 2.75) is 6.55 Å². The maximum absolute atomic E-state index is 13.6. The minimum atomic E-state index is -2.73. The minimum absolute atomic E-state index is 0.150. The third-order valence-electron chi connectivity index (χ3n) is 4.39. The maximum Gasteiger partial charge on any atom is 0.320 e. The summed E-state index contributed by atoms with van der Waals surface area (Å²) in [5.41, 5.74) is 2.05. The number of nitrogens with zero attached hydrogens (tertiary/aromatic N) is 2. The summed E-state index contributed by atoms with van der Waals surface area (Å²) >= 11 is 12.0. The molecule has 0 aliphatic rings. The Labute approximate surface area is 174 Å². The topological polar surface area (TPSA) is 46.9 Å². The van der Waals surface area contributed by atoms with Crippen molar-refractivity contribution in [3.63, 3.8) is 0 Å². The SMILES string of the molecule is O=C(Nc1ccc(-c2nc3ccccc3n2C(F)F)cc1)c1cccc(Cl)c1Cl. The highest BCUT2D eigenvalue weighted by molar-refractivity contribution is 6.44. The number of rotatable bonds is 4. The molecule has 1 N–H and O–H groups in total. The highest BCUT2D eigenvalue weighted by atomic mass is 35.5. The summed E-state index contributed by atoms with van der Waals surface area (Å²) < 4.78 is 28.1. The quantitative estimate of drug-likeness (QED) is 0.392. The van der Waals surface area contributed by atoms with Gasteiger partial charge in [-0.2, -0.15) is 8.78 Å². The average Bonchev–Trinajstić information content (AvgIpc) is 3.10. The molecule has 0 bridgehead atoms. The summed E-state index contributed by atoms with van der Waals surface area (Å²) in [7, 11) is 0. The molecule has 0 aliphatic heterocycles. The van der Waals surface area contributed by atoms with Crippen LogP contribution in [-0.4, -0.2) is 15.5 Å². The van der Waals surface area contributed by atoms with E-state index in [0.717, 1.165) is 4.57 Å². The van der Waals surface area contributed by atoms with Crippen LogP contribution < -0.4 is 5.32 Å². The molecule has 4 rings (SSSR count). The van der Waals surface area contributed by atoms with Gasteiger partial charge in [-0.25, -0.2) is 4.98 Å². The second-order valence-electron chi connectivity index (χ2n) is 6.20. The number of hydrogen-bond acceptors (Lipinski definition) is 2. The van der Waals surface area contributed by atoms with Crippen LogP contribution in [0.15, 0.2) is 66.7 Å². The highest BCUT2D eigenvalue weighted by Crippen LogP contribution is 2.31. The summed E-state index contributed by atoms with van der Waals surface area (Å²) in [4.78, 5) is 16.8. The summed E-state index contributed by atoms with van der Waals surface area (Å²) in [5.74, 6) is -0.276. The van der Waals surface area contributed by atoms with E-state index in [4.69, 9.17) is 23.2 Å². The van der Waals surface area contributed by atoms with Crippen LogP contribution in [0.5, 0.6) is 0 Å². The Morgan fingerprint density at radius 2 is 1.69 bits per heavy atom. The largest absolute Gasteiger partial charge is 0.322 e. The number of para-hydroxylation sites is 2. The fourth-order valence-corrected chi connectivity index (χ4v) is 3.41. The van der Waals surface area contributed by atoms with E-state index in [1.807, 2.05) is 0 Å². The summed E-state index contributed by atoms with van der Waals surface area (Å²) in [5, 5.41) is 3.15. The Morgan fingerprint density at radius 1 is 0.966 bits per heavy atom. The number of fused-ring (bicyclic) bond motifs is 1. The molecule has 0 spiro atoms. The number of hydrogen-bond donors (Lipinski definition) is 1. The minimum Gasteiger partial charge on any atom is -0.322 e. The molecular formula is C21H13Cl2F2N3O. The molecule has 0 unspecified atom stereocenters. The first-order valence-corrected chi connectivity index (χ1v) is 9.32. The van der Waals surface area contributed by atoms with Crippen molar-refractivity contribution in [2.24, 2.45) is 0 Å². The van der Waals surface area contributed by atoms with Crippen LogP contribution in [-0.2, 0) is 0 Å². The molecule has 0 saturated heterocycles. The third-order valence-corrected chi connectivity index (χ3v) is 5.21. The van der Waals surface area contributed by atoms with Gasteiger partial charge in [-0.3, -0.25) is 9.36 Å². The molecule has 1 aromatic heterocycles. The number of imidazole rings is 1. The van der Waals surface area contributed by atoms with Gasteiger partial charge < -0.3 is 5.32 Å². The van der Waals surface area contributed by atoms with Crippen molar-refractivity contribution in [1.29, 1.82) is 0 Å². The number of amides is 1. The summed E-state index contributed by atoms with van der Waals surface area (Å²) in [6.07, 6.45) is 0. The number of carbonyl (C=O) groups excluding carboxylic acids is 1. The highest BCUT2D eigenvalue weighted by Gasteiger charge is 2.19. The first-order chi connectivity index (χ1) is 14.0. The molecule has 29 heavy (non-hydrogen) atoms. The molecule has 3 aromatic carbocycles. The Kier molecular flexibility index (Phi) is 5.22.